The number of rotatable bonds is 6. The topological polar surface area (TPSA) is 132 Å². The lowest BCUT2D eigenvalue weighted by Crippen LogP contribution is -2.13. The first-order valence-electron chi connectivity index (χ1n) is 8.45. The number of carbonyl (C=O) groups is 3. The molecule has 0 atom stereocenters. The van der Waals surface area contributed by atoms with Crippen molar-refractivity contribution in [3.63, 3.8) is 0 Å². The molecule has 3 N–H and O–H groups in total. The van der Waals surface area contributed by atoms with Gasteiger partial charge in [0.2, 0.25) is 0 Å². The SMILES string of the molecule is N#C/C(=C\c1cn(CC(=O)O)c2ccccc12)C(=O)Nc1cccc(C(=O)O)c1. The van der Waals surface area contributed by atoms with Crippen molar-refractivity contribution in [1.29, 1.82) is 5.26 Å². The fourth-order valence-electron chi connectivity index (χ4n) is 2.90. The Morgan fingerprint density at radius 1 is 1.10 bits per heavy atom. The Morgan fingerprint density at radius 3 is 2.55 bits per heavy atom. The van der Waals surface area contributed by atoms with Gasteiger partial charge in [-0.25, -0.2) is 4.79 Å². The van der Waals surface area contributed by atoms with Crippen LogP contribution in [0.5, 0.6) is 0 Å². The van der Waals surface area contributed by atoms with Crippen LogP contribution in [0.3, 0.4) is 0 Å². The zero-order chi connectivity index (χ0) is 21.0. The van der Waals surface area contributed by atoms with E-state index in [1.165, 1.54) is 34.9 Å². The van der Waals surface area contributed by atoms with E-state index in [-0.39, 0.29) is 23.4 Å². The van der Waals surface area contributed by atoms with Crippen molar-refractivity contribution in [1.82, 2.24) is 4.57 Å². The molecule has 8 heteroatoms. The van der Waals surface area contributed by atoms with Crippen molar-refractivity contribution in [2.75, 3.05) is 5.32 Å². The number of aromatic nitrogens is 1. The summed E-state index contributed by atoms with van der Waals surface area (Å²) in [6.45, 7) is -0.260. The molecule has 0 radical (unpaired) electrons. The maximum absolute atomic E-state index is 12.5. The molecule has 1 aromatic heterocycles. The summed E-state index contributed by atoms with van der Waals surface area (Å²) in [5.41, 5.74) is 1.22. The van der Waals surface area contributed by atoms with Gasteiger partial charge in [-0.2, -0.15) is 5.26 Å². The van der Waals surface area contributed by atoms with Crippen LogP contribution in [0.2, 0.25) is 0 Å². The minimum absolute atomic E-state index is 0.00188. The molecule has 3 aromatic rings. The molecule has 0 saturated heterocycles. The van der Waals surface area contributed by atoms with E-state index in [0.29, 0.717) is 16.5 Å². The molecule has 2 aromatic carbocycles. The summed E-state index contributed by atoms with van der Waals surface area (Å²) in [5.74, 6) is -2.86. The maximum Gasteiger partial charge on any atom is 0.335 e. The summed E-state index contributed by atoms with van der Waals surface area (Å²) in [4.78, 5) is 34.6. The van der Waals surface area contributed by atoms with Crippen molar-refractivity contribution >= 4 is 40.5 Å². The number of para-hydroxylation sites is 1. The third kappa shape index (κ3) is 4.31. The number of amides is 1. The number of nitrogens with one attached hydrogen (secondary N) is 1. The van der Waals surface area contributed by atoms with E-state index in [9.17, 15) is 19.6 Å². The monoisotopic (exact) mass is 389 g/mol. The van der Waals surface area contributed by atoms with Crippen LogP contribution in [0.15, 0.2) is 60.3 Å². The number of fused-ring (bicyclic) bond motifs is 1. The molecular weight excluding hydrogens is 374 g/mol. The van der Waals surface area contributed by atoms with Gasteiger partial charge in [0, 0.05) is 28.4 Å². The Labute approximate surface area is 164 Å². The number of aliphatic carboxylic acids is 1. The van der Waals surface area contributed by atoms with Gasteiger partial charge in [0.25, 0.3) is 5.91 Å². The third-order valence-corrected chi connectivity index (χ3v) is 4.16. The number of nitrogens with zero attached hydrogens (tertiary/aromatic N) is 2. The highest BCUT2D eigenvalue weighted by molar-refractivity contribution is 6.11. The van der Waals surface area contributed by atoms with Crippen LogP contribution in [0.4, 0.5) is 5.69 Å². The number of carboxylic acid groups (broad SMARTS) is 2. The molecule has 0 bridgehead atoms. The number of carbonyl (C=O) groups excluding carboxylic acids is 1. The van der Waals surface area contributed by atoms with E-state index in [2.05, 4.69) is 5.32 Å². The number of nitriles is 1. The number of hydrogen-bond donors (Lipinski definition) is 3. The predicted octanol–water partition coefficient (Wildman–Crippen LogP) is 2.97. The highest BCUT2D eigenvalue weighted by atomic mass is 16.4. The minimum atomic E-state index is -1.14. The Bertz CT molecular complexity index is 1200. The predicted molar refractivity (Wildman–Crippen MR) is 105 cm³/mol. The zero-order valence-electron chi connectivity index (χ0n) is 15.0. The van der Waals surface area contributed by atoms with Gasteiger partial charge in [-0.1, -0.05) is 24.3 Å². The smallest absolute Gasteiger partial charge is 0.335 e. The highest BCUT2D eigenvalue weighted by Gasteiger charge is 2.14. The molecule has 1 heterocycles. The van der Waals surface area contributed by atoms with Crippen molar-refractivity contribution in [3.05, 3.63) is 71.4 Å². The van der Waals surface area contributed by atoms with Gasteiger partial charge in [0.15, 0.2) is 0 Å². The van der Waals surface area contributed by atoms with Gasteiger partial charge in [-0.3, -0.25) is 9.59 Å². The second-order valence-electron chi connectivity index (χ2n) is 6.13. The molecule has 1 amide bonds. The summed E-state index contributed by atoms with van der Waals surface area (Å²) in [6.07, 6.45) is 2.94. The normalized spacial score (nSPS) is 11.1. The van der Waals surface area contributed by atoms with Gasteiger partial charge in [-0.15, -0.1) is 0 Å². The second kappa shape index (κ2) is 8.10. The Balaban J connectivity index is 1.95. The molecule has 0 aliphatic carbocycles. The molecule has 29 heavy (non-hydrogen) atoms. The van der Waals surface area contributed by atoms with E-state index in [0.717, 1.165) is 0 Å². The van der Waals surface area contributed by atoms with Gasteiger partial charge in [0.05, 0.1) is 5.56 Å². The number of anilines is 1. The van der Waals surface area contributed by atoms with Gasteiger partial charge >= 0.3 is 11.9 Å². The molecule has 8 nitrogen and oxygen atoms in total. The van der Waals surface area contributed by atoms with Crippen molar-refractivity contribution < 1.29 is 24.6 Å². The molecular formula is C21H15N3O5. The van der Waals surface area contributed by atoms with Crippen LogP contribution in [-0.4, -0.2) is 32.6 Å². The molecule has 144 valence electrons. The number of aromatic carboxylic acids is 1. The Morgan fingerprint density at radius 2 is 1.86 bits per heavy atom. The molecule has 0 unspecified atom stereocenters. The average Bonchev–Trinajstić information content (AvgIpc) is 3.03. The van der Waals surface area contributed by atoms with Crippen LogP contribution < -0.4 is 5.32 Å². The quantitative estimate of drug-likeness (QED) is 0.438. The number of benzene rings is 2. The minimum Gasteiger partial charge on any atom is -0.480 e. The standard InChI is InChI=1S/C21H15N3O5/c22-10-14(20(27)23-16-5-3-4-13(9-16)21(28)29)8-15-11-24(12-19(25)26)18-7-2-1-6-17(15)18/h1-9,11H,12H2,(H,23,27)(H,25,26)(H,28,29)/b14-8+. The van der Waals surface area contributed by atoms with E-state index in [4.69, 9.17) is 10.2 Å². The fourth-order valence-corrected chi connectivity index (χ4v) is 2.90. The first-order chi connectivity index (χ1) is 13.9. The molecule has 0 spiro atoms. The Hall–Kier alpha value is -4.38. The highest BCUT2D eigenvalue weighted by Crippen LogP contribution is 2.24. The maximum atomic E-state index is 12.5. The third-order valence-electron chi connectivity index (χ3n) is 4.16. The van der Waals surface area contributed by atoms with Crippen molar-refractivity contribution in [2.24, 2.45) is 0 Å². The summed E-state index contributed by atoms with van der Waals surface area (Å²) in [6, 6.07) is 14.5. The summed E-state index contributed by atoms with van der Waals surface area (Å²) in [5, 5.41) is 30.7. The van der Waals surface area contributed by atoms with Crippen LogP contribution in [0.1, 0.15) is 15.9 Å². The van der Waals surface area contributed by atoms with E-state index >= 15 is 0 Å². The summed E-state index contributed by atoms with van der Waals surface area (Å²) >= 11 is 0. The molecule has 3 rings (SSSR count). The zero-order valence-corrected chi connectivity index (χ0v) is 15.0. The van der Waals surface area contributed by atoms with E-state index < -0.39 is 17.8 Å². The lowest BCUT2D eigenvalue weighted by Gasteiger charge is -2.05. The number of hydrogen-bond acceptors (Lipinski definition) is 4. The largest absolute Gasteiger partial charge is 0.480 e. The van der Waals surface area contributed by atoms with E-state index in [1.807, 2.05) is 6.07 Å². The van der Waals surface area contributed by atoms with Crippen molar-refractivity contribution in [3.8, 4) is 6.07 Å². The van der Waals surface area contributed by atoms with Crippen LogP contribution >= 0.6 is 0 Å². The van der Waals surface area contributed by atoms with Gasteiger partial charge < -0.3 is 20.1 Å². The first-order valence-corrected chi connectivity index (χ1v) is 8.45. The lowest BCUT2D eigenvalue weighted by molar-refractivity contribution is -0.137. The van der Waals surface area contributed by atoms with Crippen molar-refractivity contribution in [2.45, 2.75) is 6.54 Å². The summed E-state index contributed by atoms with van der Waals surface area (Å²) in [7, 11) is 0. The molecule has 0 saturated carbocycles. The lowest BCUT2D eigenvalue weighted by atomic mass is 10.1. The molecule has 0 fully saturated rings. The second-order valence-corrected chi connectivity index (χ2v) is 6.13. The van der Waals surface area contributed by atoms with Crippen LogP contribution in [0, 0.1) is 11.3 Å². The molecule has 0 aliphatic rings. The Kier molecular flexibility index (Phi) is 5.42. The first kappa shape index (κ1) is 19.4. The molecule has 0 aliphatic heterocycles. The van der Waals surface area contributed by atoms with Crippen LogP contribution in [0.25, 0.3) is 17.0 Å². The summed E-state index contributed by atoms with van der Waals surface area (Å²) < 4.78 is 1.52. The fraction of sp³-hybridized carbons (Fsp3) is 0.0476. The van der Waals surface area contributed by atoms with Crippen LogP contribution in [-0.2, 0) is 16.1 Å². The number of carboxylic acids is 2. The van der Waals surface area contributed by atoms with Gasteiger partial charge in [0.1, 0.15) is 18.2 Å². The van der Waals surface area contributed by atoms with E-state index in [1.54, 1.807) is 30.5 Å². The average molecular weight is 389 g/mol. The van der Waals surface area contributed by atoms with Gasteiger partial charge in [-0.05, 0) is 30.3 Å².